The Kier molecular flexibility index (Phi) is 8.03. The smallest absolute Gasteiger partial charge is 0.222 e. The fourth-order valence-electron chi connectivity index (χ4n) is 4.52. The summed E-state index contributed by atoms with van der Waals surface area (Å²) in [6, 6.07) is 26.9. The second kappa shape index (κ2) is 11.4. The lowest BCUT2D eigenvalue weighted by Gasteiger charge is -2.40. The van der Waals surface area contributed by atoms with Crippen molar-refractivity contribution in [2.24, 2.45) is 0 Å². The van der Waals surface area contributed by atoms with E-state index in [-0.39, 0.29) is 11.9 Å². The van der Waals surface area contributed by atoms with Crippen molar-refractivity contribution in [3.8, 4) is 5.75 Å². The molecule has 1 aliphatic heterocycles. The molecule has 3 aromatic carbocycles. The van der Waals surface area contributed by atoms with Gasteiger partial charge in [-0.1, -0.05) is 66.2 Å². The lowest BCUT2D eigenvalue weighted by atomic mass is 9.96. The van der Waals surface area contributed by atoms with Crippen molar-refractivity contribution in [3.63, 3.8) is 0 Å². The maximum atomic E-state index is 12.8. The van der Waals surface area contributed by atoms with Crippen molar-refractivity contribution in [1.29, 1.82) is 0 Å². The second-order valence-electron chi connectivity index (χ2n) is 8.48. The van der Waals surface area contributed by atoms with Gasteiger partial charge in [0.15, 0.2) is 0 Å². The van der Waals surface area contributed by atoms with E-state index in [4.69, 9.17) is 16.3 Å². The van der Waals surface area contributed by atoms with Crippen LogP contribution >= 0.6 is 11.6 Å². The van der Waals surface area contributed by atoms with Gasteiger partial charge in [-0.3, -0.25) is 9.69 Å². The Hall–Kier alpha value is -2.82. The van der Waals surface area contributed by atoms with Crippen molar-refractivity contribution >= 4 is 17.5 Å². The predicted octanol–water partition coefficient (Wildman–Crippen LogP) is 5.61. The molecule has 1 heterocycles. The number of aryl methyl sites for hydroxylation is 1. The van der Waals surface area contributed by atoms with Gasteiger partial charge in [-0.15, -0.1) is 0 Å². The summed E-state index contributed by atoms with van der Waals surface area (Å²) in [6.07, 6.45) is 2.36. The standard InChI is InChI=1S/C28H31ClN2O2/c1-33-26-16-10-22(11-17-26)6-5-9-27(32)30-18-20-31(21-19-30)28(23-7-3-2-4-8-23)24-12-14-25(29)15-13-24/h2-4,7-8,10-17,28H,5-6,9,18-21H2,1H3. The lowest BCUT2D eigenvalue weighted by molar-refractivity contribution is -0.133. The van der Waals surface area contributed by atoms with E-state index >= 15 is 0 Å². The van der Waals surface area contributed by atoms with E-state index < -0.39 is 0 Å². The van der Waals surface area contributed by atoms with E-state index in [1.165, 1.54) is 16.7 Å². The molecule has 1 unspecified atom stereocenters. The molecule has 4 nitrogen and oxygen atoms in total. The number of hydrogen-bond donors (Lipinski definition) is 0. The molecule has 0 saturated carbocycles. The average Bonchev–Trinajstić information content (AvgIpc) is 2.87. The van der Waals surface area contributed by atoms with E-state index in [2.05, 4.69) is 53.4 Å². The molecule has 33 heavy (non-hydrogen) atoms. The third-order valence-electron chi connectivity index (χ3n) is 6.35. The molecule has 3 aromatic rings. The highest BCUT2D eigenvalue weighted by molar-refractivity contribution is 6.30. The predicted molar refractivity (Wildman–Crippen MR) is 134 cm³/mol. The molecule has 0 aliphatic carbocycles. The van der Waals surface area contributed by atoms with Crippen LogP contribution in [0.15, 0.2) is 78.9 Å². The van der Waals surface area contributed by atoms with Crippen LogP contribution in [0.4, 0.5) is 0 Å². The van der Waals surface area contributed by atoms with Crippen LogP contribution in [0.5, 0.6) is 5.75 Å². The normalized spacial score (nSPS) is 15.3. The molecule has 4 rings (SSSR count). The zero-order valence-electron chi connectivity index (χ0n) is 19.1. The topological polar surface area (TPSA) is 32.8 Å². The summed E-state index contributed by atoms with van der Waals surface area (Å²) in [5.41, 5.74) is 3.73. The number of carbonyl (C=O) groups is 1. The van der Waals surface area contributed by atoms with Gasteiger partial charge in [-0.2, -0.15) is 0 Å². The molecule has 0 bridgehead atoms. The first-order valence-electron chi connectivity index (χ1n) is 11.6. The van der Waals surface area contributed by atoms with Crippen LogP contribution in [-0.4, -0.2) is 49.0 Å². The van der Waals surface area contributed by atoms with Crippen LogP contribution < -0.4 is 4.74 Å². The summed E-state index contributed by atoms with van der Waals surface area (Å²) < 4.78 is 5.21. The molecule has 0 radical (unpaired) electrons. The maximum absolute atomic E-state index is 12.8. The molecule has 1 amide bonds. The van der Waals surface area contributed by atoms with Gasteiger partial charge in [0, 0.05) is 37.6 Å². The number of carbonyl (C=O) groups excluding carboxylic acids is 1. The summed E-state index contributed by atoms with van der Waals surface area (Å²) in [6.45, 7) is 3.23. The number of rotatable bonds is 8. The van der Waals surface area contributed by atoms with Crippen molar-refractivity contribution in [2.45, 2.75) is 25.3 Å². The highest BCUT2D eigenvalue weighted by Gasteiger charge is 2.28. The quantitative estimate of drug-likeness (QED) is 0.436. The SMILES string of the molecule is COc1ccc(CCCC(=O)N2CCN(C(c3ccccc3)c3ccc(Cl)cc3)CC2)cc1. The van der Waals surface area contributed by atoms with Crippen LogP contribution in [-0.2, 0) is 11.2 Å². The Balaban J connectivity index is 1.33. The van der Waals surface area contributed by atoms with Gasteiger partial charge >= 0.3 is 0 Å². The van der Waals surface area contributed by atoms with Crippen LogP contribution in [0.1, 0.15) is 35.6 Å². The highest BCUT2D eigenvalue weighted by Crippen LogP contribution is 2.30. The van der Waals surface area contributed by atoms with Gasteiger partial charge in [0.25, 0.3) is 0 Å². The largest absolute Gasteiger partial charge is 0.497 e. The van der Waals surface area contributed by atoms with Crippen LogP contribution in [0, 0.1) is 0 Å². The Bertz CT molecular complexity index is 1010. The third-order valence-corrected chi connectivity index (χ3v) is 6.60. The summed E-state index contributed by atoms with van der Waals surface area (Å²) in [4.78, 5) is 17.3. The first-order valence-corrected chi connectivity index (χ1v) is 12.0. The van der Waals surface area contributed by atoms with Crippen LogP contribution in [0.25, 0.3) is 0 Å². The first kappa shape index (κ1) is 23.3. The summed E-state index contributed by atoms with van der Waals surface area (Å²) in [5.74, 6) is 1.12. The van der Waals surface area contributed by atoms with E-state index in [0.29, 0.717) is 6.42 Å². The number of benzene rings is 3. The Labute approximate surface area is 201 Å². The third kappa shape index (κ3) is 6.16. The van der Waals surface area contributed by atoms with E-state index in [1.54, 1.807) is 7.11 Å². The lowest BCUT2D eigenvalue weighted by Crippen LogP contribution is -2.49. The van der Waals surface area contributed by atoms with Gasteiger partial charge in [0.1, 0.15) is 5.75 Å². The van der Waals surface area contributed by atoms with E-state index in [0.717, 1.165) is 49.8 Å². The zero-order chi connectivity index (χ0) is 23.0. The molecule has 5 heteroatoms. The molecule has 1 aliphatic rings. The number of nitrogens with zero attached hydrogens (tertiary/aromatic N) is 2. The van der Waals surface area contributed by atoms with Crippen molar-refractivity contribution in [1.82, 2.24) is 9.80 Å². The molecule has 1 fully saturated rings. The molecule has 172 valence electrons. The maximum Gasteiger partial charge on any atom is 0.222 e. The van der Waals surface area contributed by atoms with E-state index in [1.807, 2.05) is 35.2 Å². The minimum absolute atomic E-state index is 0.163. The van der Waals surface area contributed by atoms with Gasteiger partial charge in [-0.25, -0.2) is 0 Å². The molecule has 0 aromatic heterocycles. The zero-order valence-corrected chi connectivity index (χ0v) is 19.9. The summed E-state index contributed by atoms with van der Waals surface area (Å²) in [5, 5.41) is 0.746. The monoisotopic (exact) mass is 462 g/mol. The minimum Gasteiger partial charge on any atom is -0.497 e. The second-order valence-corrected chi connectivity index (χ2v) is 8.92. The highest BCUT2D eigenvalue weighted by atomic mass is 35.5. The molecule has 0 spiro atoms. The molecule has 1 atom stereocenters. The van der Waals surface area contributed by atoms with Crippen LogP contribution in [0.2, 0.25) is 5.02 Å². The van der Waals surface area contributed by atoms with Crippen molar-refractivity contribution in [2.75, 3.05) is 33.3 Å². The molecular formula is C28H31ClN2O2. The average molecular weight is 463 g/mol. The number of halogens is 1. The number of piperazine rings is 1. The first-order chi connectivity index (χ1) is 16.1. The van der Waals surface area contributed by atoms with Crippen LogP contribution in [0.3, 0.4) is 0 Å². The number of ether oxygens (including phenoxy) is 1. The van der Waals surface area contributed by atoms with Crippen molar-refractivity contribution in [3.05, 3.63) is 101 Å². The molecule has 0 N–H and O–H groups in total. The number of methoxy groups -OCH3 is 1. The van der Waals surface area contributed by atoms with Gasteiger partial charge in [0.05, 0.1) is 13.2 Å². The fourth-order valence-corrected chi connectivity index (χ4v) is 4.64. The Morgan fingerprint density at radius 1 is 0.879 bits per heavy atom. The van der Waals surface area contributed by atoms with Gasteiger partial charge in [0.2, 0.25) is 5.91 Å². The Morgan fingerprint density at radius 3 is 2.15 bits per heavy atom. The Morgan fingerprint density at radius 2 is 1.52 bits per heavy atom. The van der Waals surface area contributed by atoms with Gasteiger partial charge in [-0.05, 0) is 53.8 Å². The molecular weight excluding hydrogens is 432 g/mol. The van der Waals surface area contributed by atoms with Gasteiger partial charge < -0.3 is 9.64 Å². The van der Waals surface area contributed by atoms with E-state index in [9.17, 15) is 4.79 Å². The fraction of sp³-hybridized carbons (Fsp3) is 0.321. The number of hydrogen-bond acceptors (Lipinski definition) is 3. The minimum atomic E-state index is 0.163. The summed E-state index contributed by atoms with van der Waals surface area (Å²) >= 11 is 6.13. The molecule has 1 saturated heterocycles. The number of amides is 1. The van der Waals surface area contributed by atoms with Crippen molar-refractivity contribution < 1.29 is 9.53 Å². The summed E-state index contributed by atoms with van der Waals surface area (Å²) in [7, 11) is 1.67.